The van der Waals surface area contributed by atoms with Crippen LogP contribution in [0.5, 0.6) is 0 Å². The van der Waals surface area contributed by atoms with Gasteiger partial charge < -0.3 is 14.4 Å². The Hall–Kier alpha value is -2.44. The maximum absolute atomic E-state index is 5.18. The molecule has 0 fully saturated rings. The molecule has 0 radical (unpaired) electrons. The minimum atomic E-state index is 0.0393. The Morgan fingerprint density at radius 2 is 2.05 bits per heavy atom. The van der Waals surface area contributed by atoms with Crippen molar-refractivity contribution in [3.63, 3.8) is 0 Å². The van der Waals surface area contributed by atoms with E-state index in [1.165, 1.54) is 6.33 Å². The van der Waals surface area contributed by atoms with E-state index in [4.69, 9.17) is 4.52 Å². The van der Waals surface area contributed by atoms with Crippen LogP contribution in [0.4, 0.5) is 5.82 Å². The molecule has 0 amide bonds. The van der Waals surface area contributed by atoms with Gasteiger partial charge in [-0.05, 0) is 12.8 Å². The standard InChI is InChI=1S/C14H18N6O/c1-8(2)11(13-15-5-6-20(13)4)18-12-10-9(3)19-21-14(10)17-7-16-12/h5-8,11H,1-4H3,(H,16,17,18)/t11-/m1/s1. The minimum Gasteiger partial charge on any atom is -0.359 e. The molecule has 0 aromatic carbocycles. The molecule has 3 aromatic heterocycles. The molecule has 0 saturated carbocycles. The maximum Gasteiger partial charge on any atom is 0.263 e. The average Bonchev–Trinajstić information content (AvgIpc) is 3.03. The first kappa shape index (κ1) is 13.5. The third-order valence-electron chi connectivity index (χ3n) is 3.54. The van der Waals surface area contributed by atoms with Crippen molar-refractivity contribution in [3.05, 3.63) is 30.2 Å². The second-order valence-electron chi connectivity index (χ2n) is 5.43. The van der Waals surface area contributed by atoms with E-state index in [1.807, 2.05) is 24.7 Å². The summed E-state index contributed by atoms with van der Waals surface area (Å²) in [5, 5.41) is 8.22. The molecule has 3 rings (SSSR count). The van der Waals surface area contributed by atoms with E-state index in [1.54, 1.807) is 6.20 Å². The van der Waals surface area contributed by atoms with E-state index in [-0.39, 0.29) is 6.04 Å². The number of fused-ring (bicyclic) bond motifs is 1. The number of hydrogen-bond donors (Lipinski definition) is 1. The van der Waals surface area contributed by atoms with Crippen molar-refractivity contribution in [1.82, 2.24) is 24.7 Å². The Morgan fingerprint density at radius 1 is 1.24 bits per heavy atom. The van der Waals surface area contributed by atoms with Crippen molar-refractivity contribution in [2.45, 2.75) is 26.8 Å². The first-order valence-electron chi connectivity index (χ1n) is 6.88. The zero-order chi connectivity index (χ0) is 15.0. The molecule has 0 aliphatic rings. The van der Waals surface area contributed by atoms with Gasteiger partial charge in [0, 0.05) is 19.4 Å². The molecule has 0 spiro atoms. The van der Waals surface area contributed by atoms with Gasteiger partial charge in [0.2, 0.25) is 0 Å². The number of rotatable bonds is 4. The molecule has 3 aromatic rings. The number of aromatic nitrogens is 5. The Bertz CT molecular complexity index is 760. The van der Waals surface area contributed by atoms with Gasteiger partial charge in [0.05, 0.1) is 11.7 Å². The van der Waals surface area contributed by atoms with Crippen LogP contribution in [0, 0.1) is 12.8 Å². The Kier molecular flexibility index (Phi) is 3.32. The van der Waals surface area contributed by atoms with Crippen molar-refractivity contribution in [3.8, 4) is 0 Å². The van der Waals surface area contributed by atoms with Crippen LogP contribution < -0.4 is 5.32 Å². The minimum absolute atomic E-state index is 0.0393. The van der Waals surface area contributed by atoms with Crippen LogP contribution in [-0.4, -0.2) is 24.7 Å². The van der Waals surface area contributed by atoms with Gasteiger partial charge in [0.15, 0.2) is 0 Å². The van der Waals surface area contributed by atoms with Crippen LogP contribution in [0.25, 0.3) is 11.1 Å². The fraction of sp³-hybridized carbons (Fsp3) is 0.429. The molecule has 0 saturated heterocycles. The van der Waals surface area contributed by atoms with Gasteiger partial charge in [-0.1, -0.05) is 19.0 Å². The number of nitrogens with zero attached hydrogens (tertiary/aromatic N) is 5. The topological polar surface area (TPSA) is 81.7 Å². The predicted molar refractivity (Wildman–Crippen MR) is 78.7 cm³/mol. The molecule has 0 bridgehead atoms. The maximum atomic E-state index is 5.18. The summed E-state index contributed by atoms with van der Waals surface area (Å²) in [5.41, 5.74) is 1.27. The lowest BCUT2D eigenvalue weighted by Crippen LogP contribution is -2.21. The van der Waals surface area contributed by atoms with Crippen LogP contribution >= 0.6 is 0 Å². The van der Waals surface area contributed by atoms with Crippen molar-refractivity contribution in [1.29, 1.82) is 0 Å². The second-order valence-corrected chi connectivity index (χ2v) is 5.43. The highest BCUT2D eigenvalue weighted by Gasteiger charge is 2.22. The fourth-order valence-corrected chi connectivity index (χ4v) is 2.39. The zero-order valence-corrected chi connectivity index (χ0v) is 12.5. The third-order valence-corrected chi connectivity index (χ3v) is 3.54. The lowest BCUT2D eigenvalue weighted by Gasteiger charge is -2.22. The van der Waals surface area contributed by atoms with Crippen LogP contribution in [0.15, 0.2) is 23.2 Å². The highest BCUT2D eigenvalue weighted by atomic mass is 16.5. The molecule has 7 heteroatoms. The second kappa shape index (κ2) is 5.16. The Balaban J connectivity index is 2.03. The van der Waals surface area contributed by atoms with Crippen LogP contribution in [0.3, 0.4) is 0 Å². The van der Waals surface area contributed by atoms with Gasteiger partial charge in [-0.3, -0.25) is 0 Å². The number of nitrogens with one attached hydrogen (secondary N) is 1. The van der Waals surface area contributed by atoms with Crippen molar-refractivity contribution < 1.29 is 4.52 Å². The summed E-state index contributed by atoms with van der Waals surface area (Å²) in [6.45, 7) is 6.17. The van der Waals surface area contributed by atoms with Gasteiger partial charge in [0.25, 0.3) is 5.71 Å². The van der Waals surface area contributed by atoms with Crippen molar-refractivity contribution in [2.24, 2.45) is 13.0 Å². The molecule has 110 valence electrons. The summed E-state index contributed by atoms with van der Waals surface area (Å²) in [7, 11) is 1.99. The quantitative estimate of drug-likeness (QED) is 0.793. The predicted octanol–water partition coefficient (Wildman–Crippen LogP) is 2.47. The van der Waals surface area contributed by atoms with Gasteiger partial charge in [-0.25, -0.2) is 9.97 Å². The number of imidazole rings is 1. The molecule has 1 N–H and O–H groups in total. The molecule has 0 aliphatic carbocycles. The number of anilines is 1. The number of hydrogen-bond acceptors (Lipinski definition) is 6. The van der Waals surface area contributed by atoms with E-state index in [0.717, 1.165) is 22.7 Å². The third kappa shape index (κ3) is 2.35. The van der Waals surface area contributed by atoms with Crippen molar-refractivity contribution in [2.75, 3.05) is 5.32 Å². The highest BCUT2D eigenvalue weighted by molar-refractivity contribution is 5.87. The van der Waals surface area contributed by atoms with Gasteiger partial charge in [-0.15, -0.1) is 0 Å². The van der Waals surface area contributed by atoms with Crippen molar-refractivity contribution >= 4 is 16.9 Å². The van der Waals surface area contributed by atoms with Crippen LogP contribution in [-0.2, 0) is 7.05 Å². The lowest BCUT2D eigenvalue weighted by atomic mass is 10.0. The molecular weight excluding hydrogens is 268 g/mol. The summed E-state index contributed by atoms with van der Waals surface area (Å²) in [5.74, 6) is 2.03. The summed E-state index contributed by atoms with van der Waals surface area (Å²) in [4.78, 5) is 12.9. The molecule has 0 aliphatic heterocycles. The summed E-state index contributed by atoms with van der Waals surface area (Å²) in [6, 6.07) is 0.0393. The summed E-state index contributed by atoms with van der Waals surface area (Å²) >= 11 is 0. The van der Waals surface area contributed by atoms with Gasteiger partial charge in [0.1, 0.15) is 23.4 Å². The zero-order valence-electron chi connectivity index (χ0n) is 12.5. The molecule has 0 unspecified atom stereocenters. The normalized spacial score (nSPS) is 13.0. The summed E-state index contributed by atoms with van der Waals surface area (Å²) in [6.07, 6.45) is 5.21. The lowest BCUT2D eigenvalue weighted by molar-refractivity contribution is 0.442. The largest absolute Gasteiger partial charge is 0.359 e. The number of aryl methyl sites for hydroxylation is 2. The Morgan fingerprint density at radius 3 is 2.71 bits per heavy atom. The first-order valence-corrected chi connectivity index (χ1v) is 6.88. The molecule has 1 atom stereocenters. The van der Waals surface area contributed by atoms with E-state index in [2.05, 4.69) is 39.3 Å². The van der Waals surface area contributed by atoms with E-state index < -0.39 is 0 Å². The Labute approximate surface area is 122 Å². The highest BCUT2D eigenvalue weighted by Crippen LogP contribution is 2.29. The van der Waals surface area contributed by atoms with Crippen LogP contribution in [0.2, 0.25) is 0 Å². The SMILES string of the molecule is Cc1noc2ncnc(N[C@@H](c3nccn3C)C(C)C)c12. The monoisotopic (exact) mass is 286 g/mol. The first-order chi connectivity index (χ1) is 10.1. The summed E-state index contributed by atoms with van der Waals surface area (Å²) < 4.78 is 7.19. The van der Waals surface area contributed by atoms with E-state index >= 15 is 0 Å². The van der Waals surface area contributed by atoms with Gasteiger partial charge >= 0.3 is 0 Å². The average molecular weight is 286 g/mol. The molecule has 7 nitrogen and oxygen atoms in total. The molecule has 3 heterocycles. The molecular formula is C14H18N6O. The fourth-order valence-electron chi connectivity index (χ4n) is 2.39. The smallest absolute Gasteiger partial charge is 0.263 e. The van der Waals surface area contributed by atoms with E-state index in [0.29, 0.717) is 11.6 Å². The molecule has 21 heavy (non-hydrogen) atoms. The van der Waals surface area contributed by atoms with E-state index in [9.17, 15) is 0 Å². The van der Waals surface area contributed by atoms with Crippen LogP contribution in [0.1, 0.15) is 31.4 Å². The van der Waals surface area contributed by atoms with Gasteiger partial charge in [-0.2, -0.15) is 4.98 Å².